The number of benzene rings is 2. The number of rotatable bonds is 5. The number of aryl methyl sites for hydroxylation is 1. The van der Waals surface area contributed by atoms with Gasteiger partial charge in [-0.25, -0.2) is 8.42 Å². The molecule has 0 saturated carbocycles. The maximum Gasteiger partial charge on any atom is 0.175 e. The molecular weight excluding hydrogens is 322 g/mol. The van der Waals surface area contributed by atoms with Gasteiger partial charge in [0.05, 0.1) is 12.0 Å². The second kappa shape index (κ2) is 6.95. The molecule has 0 aromatic heterocycles. The van der Waals surface area contributed by atoms with Gasteiger partial charge in [-0.2, -0.15) is 0 Å². The minimum absolute atomic E-state index is 0.366. The van der Waals surface area contributed by atoms with E-state index in [1.54, 1.807) is 19.2 Å². The predicted octanol–water partition coefficient (Wildman–Crippen LogP) is 2.75. The van der Waals surface area contributed by atoms with Crippen LogP contribution in [0.25, 0.3) is 0 Å². The maximum absolute atomic E-state index is 11.5. The van der Waals surface area contributed by atoms with Crippen LogP contribution in [-0.2, 0) is 29.2 Å². The molecule has 0 radical (unpaired) electrons. The molecule has 0 fully saturated rings. The first-order valence-electron chi connectivity index (χ1n) is 8.14. The lowest BCUT2D eigenvalue weighted by Gasteiger charge is -2.26. The molecule has 1 aliphatic rings. The van der Waals surface area contributed by atoms with E-state index in [2.05, 4.69) is 17.4 Å². The van der Waals surface area contributed by atoms with E-state index in [1.165, 1.54) is 17.4 Å². The highest BCUT2D eigenvalue weighted by Gasteiger charge is 2.18. The van der Waals surface area contributed by atoms with Crippen molar-refractivity contribution in [3.05, 3.63) is 59.2 Å². The van der Waals surface area contributed by atoms with E-state index >= 15 is 0 Å². The molecule has 1 atom stereocenters. The standard InChI is InChI=1S/C19H23NO3S/c1-23-18-8-6-15-5-7-17(11-16(15)12-18)20-13-14-3-9-19(10-4-14)24(2,21)22/h3-4,6,8-10,12,17,20H,5,7,11,13H2,1-2H3. The molecule has 128 valence electrons. The number of hydrogen-bond acceptors (Lipinski definition) is 4. The molecule has 0 saturated heterocycles. The lowest BCUT2D eigenvalue weighted by Crippen LogP contribution is -2.34. The van der Waals surface area contributed by atoms with Crippen LogP contribution in [0.4, 0.5) is 0 Å². The number of ether oxygens (including phenoxy) is 1. The Bertz CT molecular complexity index is 813. The summed E-state index contributed by atoms with van der Waals surface area (Å²) in [7, 11) is -1.43. The molecule has 24 heavy (non-hydrogen) atoms. The summed E-state index contributed by atoms with van der Waals surface area (Å²) < 4.78 is 28.3. The quantitative estimate of drug-likeness (QED) is 0.905. The summed E-state index contributed by atoms with van der Waals surface area (Å²) in [6, 6.07) is 13.8. The van der Waals surface area contributed by atoms with Crippen LogP contribution in [0.15, 0.2) is 47.4 Å². The lowest BCUT2D eigenvalue weighted by atomic mass is 9.88. The van der Waals surface area contributed by atoms with Crippen molar-refractivity contribution >= 4 is 9.84 Å². The van der Waals surface area contributed by atoms with Crippen LogP contribution in [-0.4, -0.2) is 27.8 Å². The second-order valence-electron chi connectivity index (χ2n) is 6.37. The zero-order valence-corrected chi connectivity index (χ0v) is 14.9. The van der Waals surface area contributed by atoms with E-state index in [0.29, 0.717) is 10.9 Å². The first-order valence-corrected chi connectivity index (χ1v) is 10.0. The van der Waals surface area contributed by atoms with E-state index in [9.17, 15) is 8.42 Å². The fourth-order valence-electron chi connectivity index (χ4n) is 3.15. The summed E-state index contributed by atoms with van der Waals surface area (Å²) in [5.74, 6) is 0.908. The molecule has 0 spiro atoms. The van der Waals surface area contributed by atoms with E-state index in [-0.39, 0.29) is 0 Å². The van der Waals surface area contributed by atoms with Gasteiger partial charge in [0.25, 0.3) is 0 Å². The summed E-state index contributed by atoms with van der Waals surface area (Å²) in [5, 5.41) is 3.58. The van der Waals surface area contributed by atoms with Crippen molar-refractivity contribution in [2.24, 2.45) is 0 Å². The monoisotopic (exact) mass is 345 g/mol. The zero-order chi connectivity index (χ0) is 17.2. The summed E-state index contributed by atoms with van der Waals surface area (Å²) in [6.07, 6.45) is 4.41. The number of nitrogens with one attached hydrogen (secondary N) is 1. The van der Waals surface area contributed by atoms with Gasteiger partial charge in [-0.3, -0.25) is 0 Å². The lowest BCUT2D eigenvalue weighted by molar-refractivity contribution is 0.411. The van der Waals surface area contributed by atoms with Crippen molar-refractivity contribution in [2.75, 3.05) is 13.4 Å². The summed E-state index contributed by atoms with van der Waals surface area (Å²) in [6.45, 7) is 0.744. The van der Waals surface area contributed by atoms with Crippen LogP contribution in [0, 0.1) is 0 Å². The Balaban J connectivity index is 1.61. The van der Waals surface area contributed by atoms with E-state index in [4.69, 9.17) is 4.74 Å². The van der Waals surface area contributed by atoms with Crippen LogP contribution in [0.3, 0.4) is 0 Å². The molecule has 0 heterocycles. The Morgan fingerprint density at radius 3 is 2.54 bits per heavy atom. The minimum atomic E-state index is -3.13. The van der Waals surface area contributed by atoms with Gasteiger partial charge < -0.3 is 10.1 Å². The third kappa shape index (κ3) is 3.97. The van der Waals surface area contributed by atoms with Crippen molar-refractivity contribution in [2.45, 2.75) is 36.7 Å². The molecule has 1 unspecified atom stereocenters. The van der Waals surface area contributed by atoms with Crippen LogP contribution >= 0.6 is 0 Å². The predicted molar refractivity (Wildman–Crippen MR) is 95.2 cm³/mol. The number of fused-ring (bicyclic) bond motifs is 1. The second-order valence-corrected chi connectivity index (χ2v) is 8.39. The number of hydrogen-bond donors (Lipinski definition) is 1. The van der Waals surface area contributed by atoms with Gasteiger partial charge in [0.2, 0.25) is 0 Å². The first kappa shape index (κ1) is 17.0. The Morgan fingerprint density at radius 2 is 1.88 bits per heavy atom. The molecule has 2 aromatic carbocycles. The van der Waals surface area contributed by atoms with Crippen molar-refractivity contribution in [1.29, 1.82) is 0 Å². The summed E-state index contributed by atoms with van der Waals surface area (Å²) >= 11 is 0. The molecule has 3 rings (SSSR count). The van der Waals surface area contributed by atoms with Gasteiger partial charge in [-0.15, -0.1) is 0 Å². The Hall–Kier alpha value is -1.85. The zero-order valence-electron chi connectivity index (χ0n) is 14.1. The molecule has 1 aliphatic carbocycles. The number of methoxy groups -OCH3 is 1. The summed E-state index contributed by atoms with van der Waals surface area (Å²) in [5.41, 5.74) is 3.86. The fourth-order valence-corrected chi connectivity index (χ4v) is 3.78. The normalized spacial score (nSPS) is 17.3. The van der Waals surface area contributed by atoms with Gasteiger partial charge >= 0.3 is 0 Å². The Kier molecular flexibility index (Phi) is 4.92. The van der Waals surface area contributed by atoms with Crippen LogP contribution in [0.5, 0.6) is 5.75 Å². The highest BCUT2D eigenvalue weighted by atomic mass is 32.2. The van der Waals surface area contributed by atoms with Crippen molar-refractivity contribution in [1.82, 2.24) is 5.32 Å². The highest BCUT2D eigenvalue weighted by Crippen LogP contribution is 2.25. The third-order valence-electron chi connectivity index (χ3n) is 4.59. The van der Waals surface area contributed by atoms with Crippen molar-refractivity contribution in [3.8, 4) is 5.75 Å². The Labute approximate surface area is 143 Å². The van der Waals surface area contributed by atoms with Crippen molar-refractivity contribution in [3.63, 3.8) is 0 Å². The summed E-state index contributed by atoms with van der Waals surface area (Å²) in [4.78, 5) is 0.366. The van der Waals surface area contributed by atoms with E-state index in [1.807, 2.05) is 18.2 Å². The fraction of sp³-hybridized carbons (Fsp3) is 0.368. The van der Waals surface area contributed by atoms with Crippen molar-refractivity contribution < 1.29 is 13.2 Å². The average molecular weight is 345 g/mol. The molecule has 0 amide bonds. The van der Waals surface area contributed by atoms with Gasteiger partial charge in [-0.1, -0.05) is 18.2 Å². The molecule has 5 heteroatoms. The highest BCUT2D eigenvalue weighted by molar-refractivity contribution is 7.90. The van der Waals surface area contributed by atoms with E-state index in [0.717, 1.165) is 37.1 Å². The molecule has 2 aromatic rings. The minimum Gasteiger partial charge on any atom is -0.497 e. The van der Waals surface area contributed by atoms with Gasteiger partial charge in [0, 0.05) is 18.8 Å². The van der Waals surface area contributed by atoms with Crippen LogP contribution in [0.1, 0.15) is 23.1 Å². The topological polar surface area (TPSA) is 55.4 Å². The molecule has 0 aliphatic heterocycles. The molecule has 4 nitrogen and oxygen atoms in total. The molecule has 1 N–H and O–H groups in total. The average Bonchev–Trinajstić information content (AvgIpc) is 2.58. The first-order chi connectivity index (χ1) is 11.5. The number of sulfone groups is 1. The van der Waals surface area contributed by atoms with E-state index < -0.39 is 9.84 Å². The van der Waals surface area contributed by atoms with Crippen LogP contribution in [0.2, 0.25) is 0 Å². The van der Waals surface area contributed by atoms with Gasteiger partial charge in [0.1, 0.15) is 5.75 Å². The molecule has 0 bridgehead atoms. The van der Waals surface area contributed by atoms with Gasteiger partial charge in [-0.05, 0) is 60.2 Å². The third-order valence-corrected chi connectivity index (χ3v) is 5.72. The molecular formula is C19H23NO3S. The Morgan fingerprint density at radius 1 is 1.12 bits per heavy atom. The maximum atomic E-state index is 11.5. The van der Waals surface area contributed by atoms with Crippen LogP contribution < -0.4 is 10.1 Å². The largest absolute Gasteiger partial charge is 0.497 e. The van der Waals surface area contributed by atoms with Gasteiger partial charge in [0.15, 0.2) is 9.84 Å². The SMILES string of the molecule is COc1ccc2c(c1)CC(NCc1ccc(S(C)(=O)=O)cc1)CC2. The smallest absolute Gasteiger partial charge is 0.175 e.